The average Bonchev–Trinajstić information content (AvgIpc) is 2.47. The van der Waals surface area contributed by atoms with Crippen LogP contribution in [0.1, 0.15) is 15.9 Å². The lowest BCUT2D eigenvalue weighted by molar-refractivity contribution is -0.361. The molecule has 21 heavy (non-hydrogen) atoms. The second-order valence-corrected chi connectivity index (χ2v) is 4.71. The van der Waals surface area contributed by atoms with Gasteiger partial charge in [0.15, 0.2) is 6.20 Å². The quantitative estimate of drug-likeness (QED) is 0.874. The van der Waals surface area contributed by atoms with E-state index < -0.39 is 0 Å². The van der Waals surface area contributed by atoms with Gasteiger partial charge in [-0.25, -0.2) is 4.79 Å². The van der Waals surface area contributed by atoms with Crippen molar-refractivity contribution in [3.63, 3.8) is 0 Å². The van der Waals surface area contributed by atoms with Crippen molar-refractivity contribution in [3.05, 3.63) is 84.1 Å². The Balaban J connectivity index is 1.82. The van der Waals surface area contributed by atoms with E-state index >= 15 is 0 Å². The number of phenolic OH excluding ortho intramolecular Hbond substituents is 1. The minimum Gasteiger partial charge on any atom is -0.508 e. The van der Waals surface area contributed by atoms with Crippen molar-refractivity contribution in [2.24, 2.45) is 0 Å². The van der Waals surface area contributed by atoms with Crippen molar-refractivity contribution in [1.82, 2.24) is 0 Å². The third-order valence-corrected chi connectivity index (χ3v) is 3.23. The third-order valence-electron chi connectivity index (χ3n) is 3.23. The minimum absolute atomic E-state index is 0.0896. The van der Waals surface area contributed by atoms with Crippen LogP contribution in [0.25, 0.3) is 6.08 Å². The minimum atomic E-state index is -0.152. The molecular weight excluding hydrogens is 262 g/mol. The van der Waals surface area contributed by atoms with Crippen LogP contribution < -0.4 is 0 Å². The van der Waals surface area contributed by atoms with E-state index in [2.05, 4.69) is 0 Å². The fraction of sp³-hybridized carbons (Fsp3) is 0. The van der Waals surface area contributed by atoms with Crippen molar-refractivity contribution in [3.8, 4) is 5.75 Å². The van der Waals surface area contributed by atoms with E-state index in [4.69, 9.17) is 0 Å². The number of benzene rings is 2. The molecule has 1 aliphatic heterocycles. The van der Waals surface area contributed by atoms with Crippen molar-refractivity contribution >= 4 is 17.7 Å². The molecule has 0 bridgehead atoms. The number of phenols is 1. The number of nitrogens with zero attached hydrogens (tertiary/aromatic N) is 1. The normalized spacial score (nSPS) is 13.5. The molecule has 0 aromatic heterocycles. The van der Waals surface area contributed by atoms with E-state index in [9.17, 15) is 9.90 Å². The highest BCUT2D eigenvalue weighted by atomic mass is 16.3. The number of aromatic hydroxyl groups is 1. The summed E-state index contributed by atoms with van der Waals surface area (Å²) in [6, 6.07) is 16.3. The standard InChI is InChI=1S/C18H13NO2/c20-17-8-4-7-15(13-17)18(21)19-12-11-16(19)10-9-14-5-2-1-3-6-14/h1-13H/p+1. The highest BCUT2D eigenvalue weighted by molar-refractivity contribution is 6.09. The fourth-order valence-electron chi connectivity index (χ4n) is 2.08. The zero-order valence-electron chi connectivity index (χ0n) is 11.3. The molecule has 1 aliphatic rings. The predicted molar refractivity (Wildman–Crippen MR) is 82.3 cm³/mol. The van der Waals surface area contributed by atoms with Crippen molar-refractivity contribution < 1.29 is 14.5 Å². The molecule has 0 unspecified atom stereocenters. The molecule has 0 aliphatic carbocycles. The van der Waals surface area contributed by atoms with Gasteiger partial charge in [0, 0.05) is 6.08 Å². The van der Waals surface area contributed by atoms with Crippen LogP contribution in [0.15, 0.2) is 72.9 Å². The molecule has 0 atom stereocenters. The number of amides is 1. The van der Waals surface area contributed by atoms with Gasteiger partial charge < -0.3 is 5.11 Å². The Morgan fingerprint density at radius 2 is 1.81 bits per heavy atom. The molecule has 3 nitrogen and oxygen atoms in total. The lowest BCUT2D eigenvalue weighted by Gasteiger charge is -2.05. The summed E-state index contributed by atoms with van der Waals surface area (Å²) in [6.07, 6.45) is 7.45. The Kier molecular flexibility index (Phi) is 3.48. The summed E-state index contributed by atoms with van der Waals surface area (Å²) in [7, 11) is 0. The SMILES string of the molecule is O=C(c1cccc(O)c1)[N+]1=C(C=Cc2ccccc2)C=C1. The van der Waals surface area contributed by atoms with E-state index in [1.54, 1.807) is 29.0 Å². The van der Waals surface area contributed by atoms with Crippen molar-refractivity contribution in [2.75, 3.05) is 0 Å². The third kappa shape index (κ3) is 2.82. The van der Waals surface area contributed by atoms with Gasteiger partial charge in [-0.3, -0.25) is 0 Å². The van der Waals surface area contributed by atoms with Crippen molar-refractivity contribution in [2.45, 2.75) is 0 Å². The van der Waals surface area contributed by atoms with Gasteiger partial charge in [0.05, 0.1) is 11.6 Å². The van der Waals surface area contributed by atoms with E-state index in [0.29, 0.717) is 5.56 Å². The first-order valence-corrected chi connectivity index (χ1v) is 6.65. The largest absolute Gasteiger partial charge is 0.508 e. The lowest BCUT2D eigenvalue weighted by Crippen LogP contribution is -2.27. The highest BCUT2D eigenvalue weighted by Gasteiger charge is 2.27. The molecule has 0 radical (unpaired) electrons. The van der Waals surface area contributed by atoms with Gasteiger partial charge in [0.2, 0.25) is 5.71 Å². The van der Waals surface area contributed by atoms with Gasteiger partial charge in [0.25, 0.3) is 0 Å². The lowest BCUT2D eigenvalue weighted by atomic mass is 10.1. The zero-order valence-corrected chi connectivity index (χ0v) is 11.3. The summed E-state index contributed by atoms with van der Waals surface area (Å²) in [5.41, 5.74) is 2.37. The van der Waals surface area contributed by atoms with Crippen LogP contribution in [0.4, 0.5) is 0 Å². The summed E-state index contributed by atoms with van der Waals surface area (Å²) in [4.78, 5) is 12.3. The molecule has 0 fully saturated rings. The predicted octanol–water partition coefficient (Wildman–Crippen LogP) is 3.23. The van der Waals surface area contributed by atoms with Crippen LogP contribution in [-0.2, 0) is 0 Å². The summed E-state index contributed by atoms with van der Waals surface area (Å²) in [6.45, 7) is 0. The van der Waals surface area contributed by atoms with Gasteiger partial charge in [-0.1, -0.05) is 36.4 Å². The molecule has 3 rings (SSSR count). The number of hydrogen-bond acceptors (Lipinski definition) is 2. The molecular formula is C18H14NO2+. The maximum absolute atomic E-state index is 12.3. The average molecular weight is 276 g/mol. The highest BCUT2D eigenvalue weighted by Crippen LogP contribution is 2.14. The van der Waals surface area contributed by atoms with Crippen LogP contribution in [0.3, 0.4) is 0 Å². The Bertz CT molecular complexity index is 771. The molecule has 102 valence electrons. The van der Waals surface area contributed by atoms with Crippen LogP contribution >= 0.6 is 0 Å². The monoisotopic (exact) mass is 276 g/mol. The Hall–Kier alpha value is -2.94. The first-order chi connectivity index (χ1) is 10.2. The van der Waals surface area contributed by atoms with E-state index in [0.717, 1.165) is 11.3 Å². The molecule has 2 aromatic carbocycles. The second-order valence-electron chi connectivity index (χ2n) is 4.71. The van der Waals surface area contributed by atoms with Crippen LogP contribution in [0, 0.1) is 0 Å². The molecule has 0 spiro atoms. The number of hydrogen-bond donors (Lipinski definition) is 1. The Morgan fingerprint density at radius 1 is 1.00 bits per heavy atom. The second kappa shape index (κ2) is 5.59. The molecule has 1 heterocycles. The van der Waals surface area contributed by atoms with E-state index in [1.165, 1.54) is 6.07 Å². The maximum Gasteiger partial charge on any atom is 0.425 e. The summed E-state index contributed by atoms with van der Waals surface area (Å²) < 4.78 is 1.56. The van der Waals surface area contributed by atoms with Crippen LogP contribution in [0.2, 0.25) is 0 Å². The van der Waals surface area contributed by atoms with Crippen molar-refractivity contribution in [1.29, 1.82) is 0 Å². The maximum atomic E-state index is 12.3. The van der Waals surface area contributed by atoms with E-state index in [-0.39, 0.29) is 11.7 Å². The van der Waals surface area contributed by atoms with Gasteiger partial charge in [-0.15, -0.1) is 4.58 Å². The molecule has 0 saturated heterocycles. The number of carbonyl (C=O) groups is 1. The number of allylic oxidation sites excluding steroid dienone is 2. The van der Waals surface area contributed by atoms with E-state index in [1.807, 2.05) is 48.6 Å². The van der Waals surface area contributed by atoms with Gasteiger partial charge in [-0.2, -0.15) is 0 Å². The Morgan fingerprint density at radius 3 is 2.48 bits per heavy atom. The number of carbonyl (C=O) groups excluding carboxylic acids is 1. The fourth-order valence-corrected chi connectivity index (χ4v) is 2.08. The molecule has 3 heteroatoms. The summed E-state index contributed by atoms with van der Waals surface area (Å²) >= 11 is 0. The first kappa shape index (κ1) is 13.1. The topological polar surface area (TPSA) is 40.3 Å². The molecule has 0 saturated carbocycles. The van der Waals surface area contributed by atoms with Crippen LogP contribution in [0.5, 0.6) is 5.75 Å². The first-order valence-electron chi connectivity index (χ1n) is 6.65. The van der Waals surface area contributed by atoms with Crippen LogP contribution in [-0.4, -0.2) is 21.3 Å². The molecule has 2 aromatic rings. The number of rotatable bonds is 3. The Labute approximate surface area is 122 Å². The van der Waals surface area contributed by atoms with Gasteiger partial charge in [0.1, 0.15) is 5.75 Å². The summed E-state index contributed by atoms with van der Waals surface area (Å²) in [5, 5.41) is 9.44. The summed E-state index contributed by atoms with van der Waals surface area (Å²) in [5.74, 6) is -0.0622. The zero-order chi connectivity index (χ0) is 14.7. The molecule has 1 amide bonds. The smallest absolute Gasteiger partial charge is 0.425 e. The molecule has 1 N–H and O–H groups in total. The van der Waals surface area contributed by atoms with Gasteiger partial charge >= 0.3 is 5.91 Å². The van der Waals surface area contributed by atoms with Gasteiger partial charge in [-0.05, 0) is 29.8 Å².